The molecule has 3 nitrogen and oxygen atoms in total. The van der Waals surface area contributed by atoms with Gasteiger partial charge in [-0.3, -0.25) is 0 Å². The van der Waals surface area contributed by atoms with Gasteiger partial charge in [-0.25, -0.2) is 8.42 Å². The largest absolute Gasteiger partial charge is 0.382 e. The second-order valence-corrected chi connectivity index (χ2v) is 7.58. The quantitative estimate of drug-likeness (QED) is 0.907. The minimum atomic E-state index is -2.88. The molecule has 2 unspecified atom stereocenters. The molecule has 1 N–H and O–H groups in total. The minimum absolute atomic E-state index is 0.155. The highest BCUT2D eigenvalue weighted by Crippen LogP contribution is 2.26. The summed E-state index contributed by atoms with van der Waals surface area (Å²) < 4.78 is 23.0. The molecule has 16 heavy (non-hydrogen) atoms. The van der Waals surface area contributed by atoms with E-state index in [2.05, 4.69) is 10.7 Å². The van der Waals surface area contributed by atoms with Crippen LogP contribution >= 0.6 is 11.3 Å². The number of hydrogen-bond donors (Lipinski definition) is 1. The number of hydrogen-bond acceptors (Lipinski definition) is 4. The maximum Gasteiger partial charge on any atom is 0.150 e. The molecule has 2 atom stereocenters. The van der Waals surface area contributed by atoms with Crippen molar-refractivity contribution in [2.45, 2.75) is 37.0 Å². The molecule has 5 heteroatoms. The molecule has 0 bridgehead atoms. The van der Waals surface area contributed by atoms with Crippen LogP contribution in [-0.4, -0.2) is 26.0 Å². The second kappa shape index (κ2) is 4.75. The third-order valence-corrected chi connectivity index (χ3v) is 5.45. The van der Waals surface area contributed by atoms with Crippen LogP contribution in [0.15, 0.2) is 16.8 Å². The lowest BCUT2D eigenvalue weighted by Crippen LogP contribution is -2.34. The van der Waals surface area contributed by atoms with E-state index >= 15 is 0 Å². The van der Waals surface area contributed by atoms with Crippen LogP contribution in [-0.2, 0) is 9.84 Å². The van der Waals surface area contributed by atoms with Crippen LogP contribution < -0.4 is 5.32 Å². The van der Waals surface area contributed by atoms with Crippen molar-refractivity contribution in [2.24, 2.45) is 0 Å². The van der Waals surface area contributed by atoms with E-state index in [-0.39, 0.29) is 5.25 Å². The first-order chi connectivity index (χ1) is 7.55. The van der Waals surface area contributed by atoms with Crippen LogP contribution in [0.1, 0.15) is 25.7 Å². The van der Waals surface area contributed by atoms with Crippen LogP contribution in [0.2, 0.25) is 0 Å². The molecular formula is C11H17NO2S2. The van der Waals surface area contributed by atoms with Crippen LogP contribution in [0.5, 0.6) is 0 Å². The molecule has 0 aliphatic heterocycles. The Bertz CT molecular complexity index is 425. The summed E-state index contributed by atoms with van der Waals surface area (Å²) in [6.07, 6.45) is 4.99. The van der Waals surface area contributed by atoms with Gasteiger partial charge in [0.25, 0.3) is 0 Å². The Labute approximate surface area is 101 Å². The zero-order chi connectivity index (χ0) is 11.6. The molecule has 0 amide bonds. The highest BCUT2D eigenvalue weighted by molar-refractivity contribution is 7.91. The molecule has 2 rings (SSSR count). The number of nitrogens with one attached hydrogen (secondary N) is 1. The summed E-state index contributed by atoms with van der Waals surface area (Å²) in [5.41, 5.74) is 1.11. The molecule has 1 heterocycles. The summed E-state index contributed by atoms with van der Waals surface area (Å²) in [6.45, 7) is 0. The van der Waals surface area contributed by atoms with Crippen molar-refractivity contribution in [3.8, 4) is 0 Å². The molecule has 1 aromatic rings. The van der Waals surface area contributed by atoms with Crippen molar-refractivity contribution in [3.05, 3.63) is 16.8 Å². The fourth-order valence-corrected chi connectivity index (χ4v) is 4.02. The predicted octanol–water partition coefficient (Wildman–Crippen LogP) is 2.52. The summed E-state index contributed by atoms with van der Waals surface area (Å²) in [7, 11) is -2.88. The topological polar surface area (TPSA) is 46.2 Å². The molecule has 90 valence electrons. The first-order valence-corrected chi connectivity index (χ1v) is 8.43. The van der Waals surface area contributed by atoms with Crippen molar-refractivity contribution < 1.29 is 8.42 Å². The molecule has 1 fully saturated rings. The summed E-state index contributed by atoms with van der Waals surface area (Å²) in [4.78, 5) is 0. The van der Waals surface area contributed by atoms with Gasteiger partial charge in [-0.2, -0.15) is 11.3 Å². The first kappa shape index (κ1) is 11.9. The van der Waals surface area contributed by atoms with Gasteiger partial charge in [0.15, 0.2) is 0 Å². The third kappa shape index (κ3) is 2.98. The van der Waals surface area contributed by atoms with Crippen molar-refractivity contribution in [1.29, 1.82) is 0 Å². The number of anilines is 1. The zero-order valence-electron chi connectivity index (χ0n) is 9.35. The van der Waals surface area contributed by atoms with E-state index in [9.17, 15) is 8.42 Å². The highest BCUT2D eigenvalue weighted by Gasteiger charge is 2.28. The van der Waals surface area contributed by atoms with E-state index in [1.54, 1.807) is 11.3 Å². The lowest BCUT2D eigenvalue weighted by atomic mass is 9.95. The number of thiophene rings is 1. The lowest BCUT2D eigenvalue weighted by Gasteiger charge is -2.29. The van der Waals surface area contributed by atoms with Gasteiger partial charge >= 0.3 is 0 Å². The van der Waals surface area contributed by atoms with Crippen LogP contribution in [0.25, 0.3) is 0 Å². The molecule has 1 aliphatic carbocycles. The zero-order valence-corrected chi connectivity index (χ0v) is 11.0. The highest BCUT2D eigenvalue weighted by atomic mass is 32.2. The average molecular weight is 259 g/mol. The molecule has 1 saturated carbocycles. The van der Waals surface area contributed by atoms with Gasteiger partial charge in [0.2, 0.25) is 0 Å². The summed E-state index contributed by atoms with van der Waals surface area (Å²) >= 11 is 1.65. The molecule has 0 saturated heterocycles. The fourth-order valence-electron chi connectivity index (χ4n) is 2.25. The Balaban J connectivity index is 1.97. The molecule has 1 aliphatic rings. The van der Waals surface area contributed by atoms with E-state index in [1.807, 2.05) is 11.4 Å². The van der Waals surface area contributed by atoms with Crippen molar-refractivity contribution in [2.75, 3.05) is 11.6 Å². The van der Waals surface area contributed by atoms with Crippen LogP contribution in [0, 0.1) is 0 Å². The van der Waals surface area contributed by atoms with Crippen LogP contribution in [0.3, 0.4) is 0 Å². The maximum absolute atomic E-state index is 11.5. The standard InChI is InChI=1S/C11H17NO2S2/c1-16(13,14)11-4-2-3-9(7-11)12-10-5-6-15-8-10/h5-6,8-9,11-12H,2-4,7H2,1H3. The lowest BCUT2D eigenvalue weighted by molar-refractivity contribution is 0.453. The second-order valence-electron chi connectivity index (χ2n) is 4.47. The fraction of sp³-hybridized carbons (Fsp3) is 0.636. The Morgan fingerprint density at radius 3 is 2.88 bits per heavy atom. The molecule has 0 spiro atoms. The van der Waals surface area contributed by atoms with Crippen molar-refractivity contribution in [3.63, 3.8) is 0 Å². The maximum atomic E-state index is 11.5. The van der Waals surface area contributed by atoms with Gasteiger partial charge in [0, 0.05) is 23.4 Å². The predicted molar refractivity (Wildman–Crippen MR) is 68.8 cm³/mol. The Kier molecular flexibility index (Phi) is 3.54. The Morgan fingerprint density at radius 1 is 1.44 bits per heavy atom. The molecular weight excluding hydrogens is 242 g/mol. The summed E-state index contributed by atoms with van der Waals surface area (Å²) in [6, 6.07) is 2.34. The average Bonchev–Trinajstić information content (AvgIpc) is 2.70. The Hall–Kier alpha value is -0.550. The summed E-state index contributed by atoms with van der Waals surface area (Å²) in [5.74, 6) is 0. The van der Waals surface area contributed by atoms with Crippen molar-refractivity contribution in [1.82, 2.24) is 0 Å². The number of sulfone groups is 1. The van der Waals surface area contributed by atoms with Gasteiger partial charge in [0.05, 0.1) is 5.25 Å². The van der Waals surface area contributed by atoms with E-state index in [0.717, 1.165) is 31.4 Å². The normalized spacial score (nSPS) is 26.6. The van der Waals surface area contributed by atoms with Gasteiger partial charge in [0.1, 0.15) is 9.84 Å². The van der Waals surface area contributed by atoms with E-state index in [1.165, 1.54) is 6.26 Å². The smallest absolute Gasteiger partial charge is 0.150 e. The monoisotopic (exact) mass is 259 g/mol. The number of rotatable bonds is 3. The van der Waals surface area contributed by atoms with Gasteiger partial charge in [-0.1, -0.05) is 6.42 Å². The van der Waals surface area contributed by atoms with Gasteiger partial charge < -0.3 is 5.32 Å². The summed E-state index contributed by atoms with van der Waals surface area (Å²) in [5, 5.41) is 7.34. The molecule has 0 aromatic carbocycles. The van der Waals surface area contributed by atoms with E-state index in [4.69, 9.17) is 0 Å². The molecule has 1 aromatic heterocycles. The minimum Gasteiger partial charge on any atom is -0.382 e. The van der Waals surface area contributed by atoms with Gasteiger partial charge in [-0.15, -0.1) is 0 Å². The van der Waals surface area contributed by atoms with E-state index < -0.39 is 9.84 Å². The third-order valence-electron chi connectivity index (χ3n) is 3.12. The SMILES string of the molecule is CS(=O)(=O)C1CCCC(Nc2ccsc2)C1. The molecule has 0 radical (unpaired) electrons. The first-order valence-electron chi connectivity index (χ1n) is 5.53. The van der Waals surface area contributed by atoms with E-state index in [0.29, 0.717) is 6.04 Å². The van der Waals surface area contributed by atoms with Crippen molar-refractivity contribution >= 4 is 26.9 Å². The Morgan fingerprint density at radius 2 is 2.25 bits per heavy atom. The van der Waals surface area contributed by atoms with Crippen LogP contribution in [0.4, 0.5) is 5.69 Å². The van der Waals surface area contributed by atoms with Gasteiger partial charge in [-0.05, 0) is 30.7 Å².